The predicted molar refractivity (Wildman–Crippen MR) is 54.0 cm³/mol. The van der Waals surface area contributed by atoms with Gasteiger partial charge in [0.2, 0.25) is 10.0 Å². The molecule has 0 amide bonds. The Kier molecular flexibility index (Phi) is 3.35. The zero-order valence-electron chi connectivity index (χ0n) is 8.58. The number of hydrogen-bond donors (Lipinski definition) is 1. The van der Waals surface area contributed by atoms with E-state index in [-0.39, 0.29) is 11.3 Å². The summed E-state index contributed by atoms with van der Waals surface area (Å²) in [4.78, 5) is 0. The molecule has 78 valence electrons. The fraction of sp³-hybridized carbons (Fsp3) is 1.00. The van der Waals surface area contributed by atoms with Gasteiger partial charge in [-0.05, 0) is 32.6 Å². The van der Waals surface area contributed by atoms with Crippen molar-refractivity contribution in [3.05, 3.63) is 0 Å². The Morgan fingerprint density at radius 1 is 1.46 bits per heavy atom. The lowest BCUT2D eigenvalue weighted by molar-refractivity contribution is 0.564. The molecule has 0 saturated heterocycles. The van der Waals surface area contributed by atoms with Crippen LogP contribution in [0, 0.1) is 5.92 Å². The van der Waals surface area contributed by atoms with Crippen molar-refractivity contribution in [2.45, 2.75) is 51.3 Å². The van der Waals surface area contributed by atoms with Gasteiger partial charge in [-0.25, -0.2) is 13.1 Å². The first-order valence-corrected chi connectivity index (χ1v) is 6.53. The van der Waals surface area contributed by atoms with Gasteiger partial charge in [-0.15, -0.1) is 0 Å². The molecule has 1 rings (SSSR count). The Labute approximate surface area is 81.0 Å². The zero-order chi connectivity index (χ0) is 10.1. The van der Waals surface area contributed by atoms with Crippen LogP contribution in [0.3, 0.4) is 0 Å². The van der Waals surface area contributed by atoms with Crippen LogP contribution in [0.4, 0.5) is 0 Å². The second-order valence-corrected chi connectivity index (χ2v) is 6.37. The summed E-state index contributed by atoms with van der Waals surface area (Å²) in [6, 6.07) is 0.229. The van der Waals surface area contributed by atoms with Crippen LogP contribution in [0.25, 0.3) is 0 Å². The van der Waals surface area contributed by atoms with E-state index < -0.39 is 10.0 Å². The lowest BCUT2D eigenvalue weighted by atomic mass is 10.2. The quantitative estimate of drug-likeness (QED) is 0.739. The van der Waals surface area contributed by atoms with Gasteiger partial charge < -0.3 is 0 Å². The normalized spacial score (nSPS) is 28.0. The van der Waals surface area contributed by atoms with Crippen LogP contribution < -0.4 is 4.72 Å². The summed E-state index contributed by atoms with van der Waals surface area (Å²) >= 11 is 0. The van der Waals surface area contributed by atoms with Crippen LogP contribution >= 0.6 is 0 Å². The van der Waals surface area contributed by atoms with E-state index in [0.29, 0.717) is 5.92 Å². The maximum Gasteiger partial charge on any atom is 0.214 e. The van der Waals surface area contributed by atoms with Gasteiger partial charge in [-0.3, -0.25) is 0 Å². The van der Waals surface area contributed by atoms with Crippen molar-refractivity contribution in [2.24, 2.45) is 5.92 Å². The third-order valence-corrected chi connectivity index (χ3v) is 4.39. The molecule has 1 N–H and O–H groups in total. The van der Waals surface area contributed by atoms with Crippen molar-refractivity contribution in [3.63, 3.8) is 0 Å². The minimum atomic E-state index is -3.04. The van der Waals surface area contributed by atoms with Gasteiger partial charge in [-0.2, -0.15) is 0 Å². The maximum atomic E-state index is 11.4. The smallest absolute Gasteiger partial charge is 0.212 e. The number of rotatable bonds is 5. The van der Waals surface area contributed by atoms with Crippen molar-refractivity contribution in [1.82, 2.24) is 4.72 Å². The molecular formula is C9H19NO2S. The van der Waals surface area contributed by atoms with E-state index in [1.807, 2.05) is 0 Å². The van der Waals surface area contributed by atoms with E-state index in [4.69, 9.17) is 0 Å². The standard InChI is InChI=1S/C9H19NO2S/c1-4-5-8-6-9(8)10-13(11,12)7(2)3/h7-10H,4-6H2,1-3H3. The Morgan fingerprint density at radius 2 is 2.08 bits per heavy atom. The minimum absolute atomic E-state index is 0.229. The Bertz CT molecular complexity index is 259. The van der Waals surface area contributed by atoms with E-state index in [1.165, 1.54) is 0 Å². The predicted octanol–water partition coefficient (Wildman–Crippen LogP) is 1.50. The first-order valence-electron chi connectivity index (χ1n) is 4.98. The summed E-state index contributed by atoms with van der Waals surface area (Å²) in [5.74, 6) is 0.596. The van der Waals surface area contributed by atoms with Crippen LogP contribution in [0.2, 0.25) is 0 Å². The molecule has 0 aromatic heterocycles. The van der Waals surface area contributed by atoms with E-state index >= 15 is 0 Å². The second-order valence-electron chi connectivity index (χ2n) is 4.10. The number of nitrogens with one attached hydrogen (secondary N) is 1. The molecule has 0 aromatic carbocycles. The van der Waals surface area contributed by atoms with E-state index in [2.05, 4.69) is 11.6 Å². The molecule has 0 bridgehead atoms. The highest BCUT2D eigenvalue weighted by molar-refractivity contribution is 7.90. The molecule has 1 fully saturated rings. The maximum absolute atomic E-state index is 11.4. The largest absolute Gasteiger partial charge is 0.214 e. The van der Waals surface area contributed by atoms with E-state index in [0.717, 1.165) is 19.3 Å². The summed E-state index contributed by atoms with van der Waals surface area (Å²) in [6.07, 6.45) is 3.32. The SMILES string of the molecule is CCCC1CC1NS(=O)(=O)C(C)C. The van der Waals surface area contributed by atoms with E-state index in [1.54, 1.807) is 13.8 Å². The number of hydrogen-bond acceptors (Lipinski definition) is 2. The summed E-state index contributed by atoms with van der Waals surface area (Å²) in [5, 5.41) is -0.310. The molecule has 2 atom stereocenters. The highest BCUT2D eigenvalue weighted by Gasteiger charge is 2.39. The van der Waals surface area contributed by atoms with Gasteiger partial charge >= 0.3 is 0 Å². The van der Waals surface area contributed by atoms with Gasteiger partial charge in [0, 0.05) is 6.04 Å². The molecular weight excluding hydrogens is 186 g/mol. The van der Waals surface area contributed by atoms with Crippen LogP contribution in [-0.2, 0) is 10.0 Å². The molecule has 0 spiro atoms. The molecule has 1 aliphatic carbocycles. The van der Waals surface area contributed by atoms with Crippen molar-refractivity contribution >= 4 is 10.0 Å². The first kappa shape index (κ1) is 11.0. The van der Waals surface area contributed by atoms with Crippen LogP contribution in [0.5, 0.6) is 0 Å². The summed E-state index contributed by atoms with van der Waals surface area (Å²) < 4.78 is 25.6. The fourth-order valence-electron chi connectivity index (χ4n) is 1.43. The first-order chi connectivity index (χ1) is 5.97. The van der Waals surface area contributed by atoms with Gasteiger partial charge in [0.1, 0.15) is 0 Å². The molecule has 0 aliphatic heterocycles. The molecule has 4 heteroatoms. The molecule has 1 saturated carbocycles. The van der Waals surface area contributed by atoms with Crippen molar-refractivity contribution in [1.29, 1.82) is 0 Å². The highest BCUT2D eigenvalue weighted by Crippen LogP contribution is 2.35. The molecule has 1 aliphatic rings. The fourth-order valence-corrected chi connectivity index (χ4v) is 2.41. The van der Waals surface area contributed by atoms with Crippen molar-refractivity contribution in [2.75, 3.05) is 0 Å². The molecule has 2 unspecified atom stereocenters. The van der Waals surface area contributed by atoms with Crippen LogP contribution in [-0.4, -0.2) is 19.7 Å². The molecule has 0 heterocycles. The van der Waals surface area contributed by atoms with E-state index in [9.17, 15) is 8.42 Å². The van der Waals surface area contributed by atoms with Gasteiger partial charge in [0.05, 0.1) is 5.25 Å². The average molecular weight is 205 g/mol. The Morgan fingerprint density at radius 3 is 2.54 bits per heavy atom. The Balaban J connectivity index is 2.36. The topological polar surface area (TPSA) is 46.2 Å². The lowest BCUT2D eigenvalue weighted by Gasteiger charge is -2.08. The monoisotopic (exact) mass is 205 g/mol. The van der Waals surface area contributed by atoms with Gasteiger partial charge in [0.25, 0.3) is 0 Å². The Hall–Kier alpha value is -0.0900. The number of sulfonamides is 1. The average Bonchev–Trinajstić information content (AvgIpc) is 2.67. The molecule has 13 heavy (non-hydrogen) atoms. The summed E-state index contributed by atoms with van der Waals surface area (Å²) in [7, 11) is -3.04. The second kappa shape index (κ2) is 3.96. The molecule has 0 aromatic rings. The summed E-state index contributed by atoms with van der Waals surface area (Å²) in [6.45, 7) is 5.55. The third-order valence-electron chi connectivity index (χ3n) is 2.52. The zero-order valence-corrected chi connectivity index (χ0v) is 9.39. The molecule has 3 nitrogen and oxygen atoms in total. The lowest BCUT2D eigenvalue weighted by Crippen LogP contribution is -2.33. The van der Waals surface area contributed by atoms with Gasteiger partial charge in [-0.1, -0.05) is 13.3 Å². The van der Waals surface area contributed by atoms with Gasteiger partial charge in [0.15, 0.2) is 0 Å². The van der Waals surface area contributed by atoms with Crippen molar-refractivity contribution < 1.29 is 8.42 Å². The van der Waals surface area contributed by atoms with Crippen LogP contribution in [0.1, 0.15) is 40.0 Å². The third kappa shape index (κ3) is 2.95. The van der Waals surface area contributed by atoms with Crippen molar-refractivity contribution in [3.8, 4) is 0 Å². The van der Waals surface area contributed by atoms with Crippen LogP contribution in [0.15, 0.2) is 0 Å². The summed E-state index contributed by atoms with van der Waals surface area (Å²) in [5.41, 5.74) is 0. The highest BCUT2D eigenvalue weighted by atomic mass is 32.2. The molecule has 0 radical (unpaired) electrons. The minimum Gasteiger partial charge on any atom is -0.212 e.